The van der Waals surface area contributed by atoms with Crippen LogP contribution in [-0.4, -0.2) is 47.7 Å². The number of nitrogens with one attached hydrogen (secondary N) is 1. The Hall–Kier alpha value is -0.910. The molecule has 1 aliphatic rings. The van der Waals surface area contributed by atoms with E-state index >= 15 is 0 Å². The van der Waals surface area contributed by atoms with Crippen molar-refractivity contribution in [1.29, 1.82) is 0 Å². The smallest absolute Gasteiger partial charge is 0.263 e. The maximum Gasteiger partial charge on any atom is 0.263 e. The van der Waals surface area contributed by atoms with Gasteiger partial charge in [-0.3, -0.25) is 4.79 Å². The van der Waals surface area contributed by atoms with Crippen molar-refractivity contribution in [2.45, 2.75) is 25.4 Å². The third-order valence-electron chi connectivity index (χ3n) is 3.42. The zero-order valence-electron chi connectivity index (χ0n) is 10.7. The molecule has 0 spiro atoms. The Balaban J connectivity index is 1.88. The van der Waals surface area contributed by atoms with Crippen LogP contribution in [0.25, 0.3) is 0 Å². The van der Waals surface area contributed by atoms with Gasteiger partial charge in [0.1, 0.15) is 0 Å². The number of amides is 1. The van der Waals surface area contributed by atoms with Crippen LogP contribution in [0.3, 0.4) is 0 Å². The zero-order chi connectivity index (χ0) is 13.0. The van der Waals surface area contributed by atoms with E-state index in [1.54, 1.807) is 0 Å². The van der Waals surface area contributed by atoms with Gasteiger partial charge in [-0.2, -0.15) is 0 Å². The molecular weight excluding hydrogens is 248 g/mol. The van der Waals surface area contributed by atoms with E-state index in [1.807, 2.05) is 29.3 Å². The van der Waals surface area contributed by atoms with Crippen LogP contribution in [0.15, 0.2) is 17.5 Å². The summed E-state index contributed by atoms with van der Waals surface area (Å²) in [4.78, 5) is 14.7. The monoisotopic (exact) mass is 268 g/mol. The molecule has 100 valence electrons. The molecule has 4 nitrogen and oxygen atoms in total. The van der Waals surface area contributed by atoms with Crippen LogP contribution in [0, 0.1) is 0 Å². The molecule has 5 heteroatoms. The first-order chi connectivity index (χ1) is 8.64. The fourth-order valence-corrected chi connectivity index (χ4v) is 2.91. The molecule has 0 unspecified atom stereocenters. The average molecular weight is 268 g/mol. The Morgan fingerprint density at radius 1 is 1.56 bits per heavy atom. The molecule has 2 N–H and O–H groups in total. The van der Waals surface area contributed by atoms with Crippen LogP contribution in [0.1, 0.15) is 29.4 Å². The highest BCUT2D eigenvalue weighted by Gasteiger charge is 2.33. The van der Waals surface area contributed by atoms with E-state index in [4.69, 9.17) is 0 Å². The van der Waals surface area contributed by atoms with Crippen LogP contribution in [0.2, 0.25) is 0 Å². The maximum atomic E-state index is 12.1. The average Bonchev–Trinajstić information content (AvgIpc) is 2.90. The topological polar surface area (TPSA) is 52.6 Å². The van der Waals surface area contributed by atoms with E-state index in [2.05, 4.69) is 5.32 Å². The molecule has 0 bridgehead atoms. The normalized spacial score (nSPS) is 18.9. The molecule has 1 aromatic heterocycles. The molecule has 0 aromatic carbocycles. The number of likely N-dealkylation sites (N-methyl/N-ethyl adjacent to an activating group) is 1. The van der Waals surface area contributed by atoms with Crippen LogP contribution >= 0.6 is 11.3 Å². The molecular formula is C13H20N2O2S. The lowest BCUT2D eigenvalue weighted by Crippen LogP contribution is -2.51. The Labute approximate surface area is 112 Å². The number of carbonyl (C=O) groups excluding carboxylic acids is 1. The molecule has 2 heterocycles. The predicted molar refractivity (Wildman–Crippen MR) is 73.0 cm³/mol. The molecule has 1 amide bonds. The van der Waals surface area contributed by atoms with Crippen molar-refractivity contribution in [2.75, 3.05) is 26.2 Å². The summed E-state index contributed by atoms with van der Waals surface area (Å²) in [5.41, 5.74) is -0.651. The summed E-state index contributed by atoms with van der Waals surface area (Å²) in [5, 5.41) is 15.4. The third-order valence-corrected chi connectivity index (χ3v) is 4.28. The zero-order valence-corrected chi connectivity index (χ0v) is 11.5. The van der Waals surface area contributed by atoms with Crippen LogP contribution in [-0.2, 0) is 0 Å². The van der Waals surface area contributed by atoms with E-state index in [0.717, 1.165) is 11.4 Å². The fraction of sp³-hybridized carbons (Fsp3) is 0.615. The number of likely N-dealkylation sites (tertiary alicyclic amines) is 1. The summed E-state index contributed by atoms with van der Waals surface area (Å²) in [5.74, 6) is 0.0931. The van der Waals surface area contributed by atoms with Gasteiger partial charge in [-0.15, -0.1) is 11.3 Å². The molecule has 1 saturated heterocycles. The molecule has 1 aliphatic heterocycles. The second-order valence-corrected chi connectivity index (χ2v) is 5.72. The number of carbonyl (C=O) groups is 1. The van der Waals surface area contributed by atoms with Crippen molar-refractivity contribution in [3.63, 3.8) is 0 Å². The van der Waals surface area contributed by atoms with E-state index in [0.29, 0.717) is 32.5 Å². The SMILES string of the molecule is CCNCC1(O)CCN(C(=O)c2cccs2)CC1. The lowest BCUT2D eigenvalue weighted by molar-refractivity contribution is -0.0151. The van der Waals surface area contributed by atoms with E-state index < -0.39 is 5.60 Å². The second kappa shape index (κ2) is 5.82. The van der Waals surface area contributed by atoms with Gasteiger partial charge in [0, 0.05) is 19.6 Å². The van der Waals surface area contributed by atoms with Gasteiger partial charge < -0.3 is 15.3 Å². The summed E-state index contributed by atoms with van der Waals surface area (Å²) in [7, 11) is 0. The molecule has 2 rings (SSSR count). The first-order valence-corrected chi connectivity index (χ1v) is 7.28. The highest BCUT2D eigenvalue weighted by atomic mass is 32.1. The Morgan fingerprint density at radius 2 is 2.28 bits per heavy atom. The van der Waals surface area contributed by atoms with Crippen molar-refractivity contribution in [1.82, 2.24) is 10.2 Å². The van der Waals surface area contributed by atoms with Gasteiger partial charge >= 0.3 is 0 Å². The van der Waals surface area contributed by atoms with Crippen molar-refractivity contribution in [2.24, 2.45) is 0 Å². The lowest BCUT2D eigenvalue weighted by atomic mass is 9.91. The van der Waals surface area contributed by atoms with Crippen molar-refractivity contribution in [3.8, 4) is 0 Å². The van der Waals surface area contributed by atoms with Gasteiger partial charge in [0.25, 0.3) is 5.91 Å². The minimum atomic E-state index is -0.651. The summed E-state index contributed by atoms with van der Waals surface area (Å²) < 4.78 is 0. The molecule has 0 saturated carbocycles. The second-order valence-electron chi connectivity index (χ2n) is 4.77. The van der Waals surface area contributed by atoms with Crippen LogP contribution in [0.5, 0.6) is 0 Å². The number of piperidine rings is 1. The number of aliphatic hydroxyl groups is 1. The van der Waals surface area contributed by atoms with Gasteiger partial charge in [-0.25, -0.2) is 0 Å². The molecule has 0 aliphatic carbocycles. The van der Waals surface area contributed by atoms with E-state index in [-0.39, 0.29) is 5.91 Å². The molecule has 0 radical (unpaired) electrons. The van der Waals surface area contributed by atoms with Gasteiger partial charge in [0.05, 0.1) is 10.5 Å². The van der Waals surface area contributed by atoms with Crippen molar-refractivity contribution < 1.29 is 9.90 Å². The molecule has 1 fully saturated rings. The largest absolute Gasteiger partial charge is 0.388 e. The molecule has 1 aromatic rings. The highest BCUT2D eigenvalue weighted by Crippen LogP contribution is 2.23. The van der Waals surface area contributed by atoms with Gasteiger partial charge in [-0.1, -0.05) is 13.0 Å². The van der Waals surface area contributed by atoms with E-state index in [9.17, 15) is 9.90 Å². The number of hydrogen-bond acceptors (Lipinski definition) is 4. The number of rotatable bonds is 4. The standard InChI is InChI=1S/C13H20N2O2S/c1-2-14-10-13(17)5-7-15(8-6-13)12(16)11-4-3-9-18-11/h3-4,9,14,17H,2,5-8,10H2,1H3. The summed E-state index contributed by atoms with van der Waals surface area (Å²) in [6, 6.07) is 3.75. The molecule has 0 atom stereocenters. The Bertz CT molecular complexity index is 384. The highest BCUT2D eigenvalue weighted by molar-refractivity contribution is 7.12. The summed E-state index contributed by atoms with van der Waals surface area (Å²) >= 11 is 1.47. The number of thiophene rings is 1. The summed E-state index contributed by atoms with van der Waals surface area (Å²) in [6.07, 6.45) is 1.30. The fourth-order valence-electron chi connectivity index (χ4n) is 2.22. The van der Waals surface area contributed by atoms with Gasteiger partial charge in [0.15, 0.2) is 0 Å². The van der Waals surface area contributed by atoms with Crippen LogP contribution in [0.4, 0.5) is 0 Å². The predicted octanol–water partition coefficient (Wildman–Crippen LogP) is 1.32. The first-order valence-electron chi connectivity index (χ1n) is 6.40. The minimum absolute atomic E-state index is 0.0931. The summed E-state index contributed by atoms with van der Waals surface area (Å²) in [6.45, 7) is 4.78. The number of nitrogens with zero attached hydrogens (tertiary/aromatic N) is 1. The Morgan fingerprint density at radius 3 is 2.83 bits per heavy atom. The van der Waals surface area contributed by atoms with Crippen LogP contribution < -0.4 is 5.32 Å². The lowest BCUT2D eigenvalue weighted by Gasteiger charge is -2.38. The molecule has 18 heavy (non-hydrogen) atoms. The van der Waals surface area contributed by atoms with E-state index in [1.165, 1.54) is 11.3 Å². The third kappa shape index (κ3) is 3.10. The van der Waals surface area contributed by atoms with Gasteiger partial charge in [-0.05, 0) is 30.8 Å². The first kappa shape index (κ1) is 13.5. The van der Waals surface area contributed by atoms with Crippen molar-refractivity contribution in [3.05, 3.63) is 22.4 Å². The van der Waals surface area contributed by atoms with Crippen molar-refractivity contribution >= 4 is 17.2 Å². The quantitative estimate of drug-likeness (QED) is 0.866. The minimum Gasteiger partial charge on any atom is -0.388 e. The van der Waals surface area contributed by atoms with Gasteiger partial charge in [0.2, 0.25) is 0 Å². The Kier molecular flexibility index (Phi) is 4.37. The number of hydrogen-bond donors (Lipinski definition) is 2. The maximum absolute atomic E-state index is 12.1.